The number of amides is 2. The van der Waals surface area contributed by atoms with Crippen molar-refractivity contribution >= 4 is 23.2 Å². The predicted molar refractivity (Wildman–Crippen MR) is 96.0 cm³/mol. The first kappa shape index (κ1) is 18.3. The third-order valence-corrected chi connectivity index (χ3v) is 3.38. The number of anilines is 2. The minimum atomic E-state index is -0.287. The zero-order chi connectivity index (χ0) is 18.2. The van der Waals surface area contributed by atoms with Crippen LogP contribution in [0, 0.1) is 6.92 Å². The van der Waals surface area contributed by atoms with Gasteiger partial charge in [0.05, 0.1) is 13.7 Å². The van der Waals surface area contributed by atoms with Gasteiger partial charge in [0, 0.05) is 17.4 Å². The summed E-state index contributed by atoms with van der Waals surface area (Å²) in [6.07, 6.45) is 0. The van der Waals surface area contributed by atoms with E-state index >= 15 is 0 Å². The molecule has 2 aromatic carbocycles. The Morgan fingerprint density at radius 1 is 1.04 bits per heavy atom. The predicted octanol–water partition coefficient (Wildman–Crippen LogP) is 1.92. The number of carbonyl (C=O) groups is 2. The van der Waals surface area contributed by atoms with Crippen LogP contribution in [0.1, 0.15) is 5.56 Å². The van der Waals surface area contributed by atoms with Gasteiger partial charge in [0.25, 0.3) is 5.91 Å². The number of methoxy groups -OCH3 is 1. The lowest BCUT2D eigenvalue weighted by Gasteiger charge is -2.12. The molecule has 2 rings (SSSR count). The Kier molecular flexibility index (Phi) is 6.36. The second kappa shape index (κ2) is 8.70. The summed E-state index contributed by atoms with van der Waals surface area (Å²) in [6.45, 7) is 1.62. The Balaban J connectivity index is 1.92. The van der Waals surface area contributed by atoms with E-state index in [1.165, 1.54) is 0 Å². The largest absolute Gasteiger partial charge is 0.497 e. The summed E-state index contributed by atoms with van der Waals surface area (Å²) in [4.78, 5) is 23.3. The van der Waals surface area contributed by atoms with Gasteiger partial charge in [-0.1, -0.05) is 6.07 Å². The first-order chi connectivity index (χ1) is 12.0. The van der Waals surface area contributed by atoms with Crippen LogP contribution in [0.15, 0.2) is 42.5 Å². The average Bonchev–Trinajstić information content (AvgIpc) is 2.62. The maximum Gasteiger partial charge on any atom is 0.262 e. The van der Waals surface area contributed by atoms with Crippen molar-refractivity contribution in [2.45, 2.75) is 6.92 Å². The van der Waals surface area contributed by atoms with Crippen LogP contribution in [-0.2, 0) is 9.59 Å². The van der Waals surface area contributed by atoms with E-state index in [-0.39, 0.29) is 25.0 Å². The Labute approximate surface area is 146 Å². The molecular formula is C18H21N3O4. The topological polar surface area (TPSA) is 103 Å². The summed E-state index contributed by atoms with van der Waals surface area (Å²) in [6, 6.07) is 12.2. The van der Waals surface area contributed by atoms with Gasteiger partial charge in [0.15, 0.2) is 6.61 Å². The van der Waals surface area contributed by atoms with Crippen molar-refractivity contribution in [3.63, 3.8) is 0 Å². The molecule has 0 atom stereocenters. The highest BCUT2D eigenvalue weighted by Gasteiger charge is 2.08. The quantitative estimate of drug-likeness (QED) is 0.713. The number of nitrogens with two attached hydrogens (primary N) is 1. The van der Waals surface area contributed by atoms with E-state index < -0.39 is 0 Å². The molecule has 0 radical (unpaired) electrons. The van der Waals surface area contributed by atoms with Crippen molar-refractivity contribution in [1.82, 2.24) is 0 Å². The van der Waals surface area contributed by atoms with Crippen LogP contribution in [0.3, 0.4) is 0 Å². The van der Waals surface area contributed by atoms with E-state index in [0.29, 0.717) is 22.9 Å². The van der Waals surface area contributed by atoms with Crippen LogP contribution in [0.4, 0.5) is 11.4 Å². The van der Waals surface area contributed by atoms with E-state index in [1.54, 1.807) is 49.6 Å². The Hall–Kier alpha value is -3.06. The smallest absolute Gasteiger partial charge is 0.262 e. The monoisotopic (exact) mass is 343 g/mol. The zero-order valence-corrected chi connectivity index (χ0v) is 14.2. The Morgan fingerprint density at radius 3 is 2.48 bits per heavy atom. The number of nitrogens with one attached hydrogen (secondary N) is 2. The highest BCUT2D eigenvalue weighted by molar-refractivity contribution is 5.94. The molecule has 0 fully saturated rings. The Morgan fingerprint density at radius 2 is 1.80 bits per heavy atom. The molecule has 0 spiro atoms. The molecule has 0 aromatic heterocycles. The number of ether oxygens (including phenoxy) is 2. The van der Waals surface area contributed by atoms with Crippen LogP contribution in [-0.4, -0.2) is 32.1 Å². The van der Waals surface area contributed by atoms with E-state index in [1.807, 2.05) is 6.92 Å². The Bertz CT molecular complexity index is 762. The van der Waals surface area contributed by atoms with Crippen molar-refractivity contribution in [3.05, 3.63) is 48.0 Å². The summed E-state index contributed by atoms with van der Waals surface area (Å²) in [5.41, 5.74) is 7.34. The van der Waals surface area contributed by atoms with Crippen LogP contribution in [0.2, 0.25) is 0 Å². The van der Waals surface area contributed by atoms with Crippen LogP contribution in [0.5, 0.6) is 11.5 Å². The van der Waals surface area contributed by atoms with E-state index in [4.69, 9.17) is 15.2 Å². The number of aryl methyl sites for hydroxylation is 1. The number of hydrogen-bond acceptors (Lipinski definition) is 5. The molecule has 0 heterocycles. The molecular weight excluding hydrogens is 322 g/mol. The van der Waals surface area contributed by atoms with E-state index in [9.17, 15) is 9.59 Å². The summed E-state index contributed by atoms with van der Waals surface area (Å²) >= 11 is 0. The summed E-state index contributed by atoms with van der Waals surface area (Å²) in [7, 11) is 1.56. The number of carbonyl (C=O) groups excluding carboxylic acids is 2. The molecule has 0 saturated carbocycles. The number of rotatable bonds is 7. The fourth-order valence-corrected chi connectivity index (χ4v) is 2.12. The van der Waals surface area contributed by atoms with E-state index in [0.717, 1.165) is 5.56 Å². The highest BCUT2D eigenvalue weighted by Crippen LogP contribution is 2.21. The molecule has 0 bridgehead atoms. The second-order valence-corrected chi connectivity index (χ2v) is 5.30. The zero-order valence-electron chi connectivity index (χ0n) is 14.2. The van der Waals surface area contributed by atoms with Gasteiger partial charge in [-0.15, -0.1) is 0 Å². The fraction of sp³-hybridized carbons (Fsp3) is 0.222. The van der Waals surface area contributed by atoms with Gasteiger partial charge < -0.3 is 25.8 Å². The molecule has 25 heavy (non-hydrogen) atoms. The third kappa shape index (κ3) is 5.50. The second-order valence-electron chi connectivity index (χ2n) is 5.30. The lowest BCUT2D eigenvalue weighted by atomic mass is 10.1. The van der Waals surface area contributed by atoms with Crippen LogP contribution in [0.25, 0.3) is 0 Å². The molecule has 7 nitrogen and oxygen atoms in total. The van der Waals surface area contributed by atoms with E-state index in [2.05, 4.69) is 10.6 Å². The first-order valence-corrected chi connectivity index (χ1v) is 7.69. The molecule has 2 aromatic rings. The molecule has 7 heteroatoms. The summed E-state index contributed by atoms with van der Waals surface area (Å²) in [5, 5.41) is 5.43. The summed E-state index contributed by atoms with van der Waals surface area (Å²) < 4.78 is 10.6. The van der Waals surface area contributed by atoms with Crippen molar-refractivity contribution < 1.29 is 19.1 Å². The fourth-order valence-electron chi connectivity index (χ4n) is 2.12. The average molecular weight is 343 g/mol. The maximum atomic E-state index is 12.0. The maximum absolute atomic E-state index is 12.0. The number of hydrogen-bond donors (Lipinski definition) is 3. The molecule has 0 aliphatic rings. The lowest BCUT2D eigenvalue weighted by molar-refractivity contribution is -0.118. The van der Waals surface area contributed by atoms with Gasteiger partial charge in [0.2, 0.25) is 5.91 Å². The van der Waals surface area contributed by atoms with Crippen molar-refractivity contribution in [2.75, 3.05) is 30.9 Å². The minimum absolute atomic E-state index is 0.0842. The van der Waals surface area contributed by atoms with Crippen molar-refractivity contribution in [1.29, 1.82) is 0 Å². The van der Waals surface area contributed by atoms with Gasteiger partial charge in [-0.2, -0.15) is 0 Å². The number of benzene rings is 2. The van der Waals surface area contributed by atoms with Gasteiger partial charge in [0.1, 0.15) is 11.5 Å². The van der Waals surface area contributed by atoms with Gasteiger partial charge >= 0.3 is 0 Å². The molecule has 0 aliphatic heterocycles. The van der Waals surface area contributed by atoms with Gasteiger partial charge in [-0.25, -0.2) is 0 Å². The summed E-state index contributed by atoms with van der Waals surface area (Å²) in [5.74, 6) is 0.641. The van der Waals surface area contributed by atoms with Gasteiger partial charge in [-0.3, -0.25) is 9.59 Å². The molecule has 4 N–H and O–H groups in total. The SMILES string of the molecule is COc1cccc(OCC(=O)Nc2ccc(NC(=O)CN)cc2C)c1. The van der Waals surface area contributed by atoms with Gasteiger partial charge in [-0.05, 0) is 42.8 Å². The lowest BCUT2D eigenvalue weighted by Crippen LogP contribution is -2.22. The third-order valence-electron chi connectivity index (χ3n) is 3.38. The highest BCUT2D eigenvalue weighted by atomic mass is 16.5. The van der Waals surface area contributed by atoms with Crippen LogP contribution < -0.4 is 25.8 Å². The minimum Gasteiger partial charge on any atom is -0.497 e. The molecule has 0 saturated heterocycles. The van der Waals surface area contributed by atoms with Crippen LogP contribution >= 0.6 is 0 Å². The van der Waals surface area contributed by atoms with Crippen molar-refractivity contribution in [3.8, 4) is 11.5 Å². The molecule has 132 valence electrons. The normalized spacial score (nSPS) is 10.0. The standard InChI is InChI=1S/C18H21N3O4/c1-12-8-13(20-17(22)10-19)6-7-16(12)21-18(23)11-25-15-5-3-4-14(9-15)24-2/h3-9H,10-11,19H2,1-2H3,(H,20,22)(H,21,23). The molecule has 2 amide bonds. The molecule has 0 unspecified atom stereocenters. The first-order valence-electron chi connectivity index (χ1n) is 7.69. The molecule has 0 aliphatic carbocycles. The van der Waals surface area contributed by atoms with Crippen molar-refractivity contribution in [2.24, 2.45) is 5.73 Å².